The maximum Gasteiger partial charge on any atom is 0.419 e. The lowest BCUT2D eigenvalue weighted by Crippen LogP contribution is -2.54. The van der Waals surface area contributed by atoms with Crippen molar-refractivity contribution in [2.24, 2.45) is 0 Å². The van der Waals surface area contributed by atoms with Crippen molar-refractivity contribution in [2.75, 3.05) is 7.11 Å². The molecule has 2 atom stereocenters. The smallest absolute Gasteiger partial charge is 0.419 e. The van der Waals surface area contributed by atoms with Gasteiger partial charge in [-0.1, -0.05) is 12.5 Å². The zero-order chi connectivity index (χ0) is 16.0. The molecule has 3 rings (SSSR count). The molecule has 0 spiro atoms. The SMILES string of the molecule is COc1cc(C2(O)CC3CCCC(C2)N3)ccc1C(F)(F)F. The average Bonchev–Trinajstić information content (AvgIpc) is 2.45. The van der Waals surface area contributed by atoms with Crippen LogP contribution in [-0.4, -0.2) is 24.3 Å². The van der Waals surface area contributed by atoms with Gasteiger partial charge in [-0.25, -0.2) is 0 Å². The molecule has 2 N–H and O–H groups in total. The van der Waals surface area contributed by atoms with Crippen molar-refractivity contribution >= 4 is 0 Å². The topological polar surface area (TPSA) is 41.5 Å². The van der Waals surface area contributed by atoms with Gasteiger partial charge in [-0.2, -0.15) is 13.2 Å². The number of fused-ring (bicyclic) bond motifs is 2. The molecule has 0 aliphatic carbocycles. The first-order valence-electron chi connectivity index (χ1n) is 7.56. The monoisotopic (exact) mass is 315 g/mol. The lowest BCUT2D eigenvalue weighted by atomic mass is 9.74. The van der Waals surface area contributed by atoms with Crippen molar-refractivity contribution in [1.82, 2.24) is 5.32 Å². The summed E-state index contributed by atoms with van der Waals surface area (Å²) >= 11 is 0. The van der Waals surface area contributed by atoms with E-state index in [4.69, 9.17) is 4.74 Å². The Morgan fingerprint density at radius 3 is 2.41 bits per heavy atom. The summed E-state index contributed by atoms with van der Waals surface area (Å²) in [6, 6.07) is 4.18. The number of methoxy groups -OCH3 is 1. The number of hydrogen-bond donors (Lipinski definition) is 2. The summed E-state index contributed by atoms with van der Waals surface area (Å²) in [7, 11) is 1.22. The minimum atomic E-state index is -4.46. The van der Waals surface area contributed by atoms with E-state index in [0.29, 0.717) is 18.4 Å². The van der Waals surface area contributed by atoms with E-state index in [-0.39, 0.29) is 17.8 Å². The number of hydrogen-bond acceptors (Lipinski definition) is 3. The van der Waals surface area contributed by atoms with Crippen LogP contribution >= 0.6 is 0 Å². The zero-order valence-electron chi connectivity index (χ0n) is 12.4. The van der Waals surface area contributed by atoms with Crippen LogP contribution in [0.2, 0.25) is 0 Å². The van der Waals surface area contributed by atoms with E-state index in [9.17, 15) is 18.3 Å². The molecule has 1 aromatic rings. The van der Waals surface area contributed by atoms with E-state index in [2.05, 4.69) is 5.32 Å². The second-order valence-corrected chi connectivity index (χ2v) is 6.34. The molecule has 2 heterocycles. The Morgan fingerprint density at radius 1 is 1.23 bits per heavy atom. The molecule has 2 aliphatic heterocycles. The highest BCUT2D eigenvalue weighted by atomic mass is 19.4. The quantitative estimate of drug-likeness (QED) is 0.880. The van der Waals surface area contributed by atoms with E-state index < -0.39 is 17.3 Å². The highest BCUT2D eigenvalue weighted by Gasteiger charge is 2.43. The summed E-state index contributed by atoms with van der Waals surface area (Å²) in [5.74, 6) is -0.234. The van der Waals surface area contributed by atoms with Crippen LogP contribution in [0.25, 0.3) is 0 Å². The van der Waals surface area contributed by atoms with Gasteiger partial charge in [0, 0.05) is 12.1 Å². The summed E-state index contributed by atoms with van der Waals surface area (Å²) in [5, 5.41) is 14.5. The molecule has 2 saturated heterocycles. The molecule has 0 radical (unpaired) electrons. The normalized spacial score (nSPS) is 31.9. The molecule has 0 aromatic heterocycles. The standard InChI is InChI=1S/C16H20F3NO2/c1-22-14-7-10(5-6-13(14)16(17,18)19)15(21)8-11-3-2-4-12(9-15)20-11/h5-7,11-12,20-21H,2-4,8-9H2,1H3. The predicted molar refractivity (Wildman–Crippen MR) is 75.7 cm³/mol. The highest BCUT2D eigenvalue weighted by molar-refractivity contribution is 5.42. The first-order valence-corrected chi connectivity index (χ1v) is 7.56. The van der Waals surface area contributed by atoms with Gasteiger partial charge in [-0.3, -0.25) is 0 Å². The Labute approximate surface area is 127 Å². The zero-order valence-corrected chi connectivity index (χ0v) is 12.4. The van der Waals surface area contributed by atoms with Gasteiger partial charge in [0.1, 0.15) is 5.75 Å². The summed E-state index contributed by atoms with van der Waals surface area (Å²) in [6.07, 6.45) is -0.283. The summed E-state index contributed by atoms with van der Waals surface area (Å²) < 4.78 is 43.7. The Morgan fingerprint density at radius 2 is 1.86 bits per heavy atom. The number of alkyl halides is 3. The fourth-order valence-electron chi connectivity index (χ4n) is 3.78. The van der Waals surface area contributed by atoms with E-state index in [1.165, 1.54) is 19.2 Å². The minimum absolute atomic E-state index is 0.228. The molecule has 0 amide bonds. The first-order chi connectivity index (χ1) is 10.3. The predicted octanol–water partition coefficient (Wildman–Crippen LogP) is 3.21. The van der Waals surface area contributed by atoms with Crippen LogP contribution in [0.3, 0.4) is 0 Å². The second kappa shape index (κ2) is 5.42. The van der Waals surface area contributed by atoms with E-state index >= 15 is 0 Å². The molecule has 2 aliphatic rings. The molecule has 3 nitrogen and oxygen atoms in total. The van der Waals surface area contributed by atoms with Crippen molar-refractivity contribution < 1.29 is 23.0 Å². The van der Waals surface area contributed by atoms with Crippen LogP contribution in [-0.2, 0) is 11.8 Å². The number of benzene rings is 1. The van der Waals surface area contributed by atoms with Gasteiger partial charge in [-0.05, 0) is 43.4 Å². The molecule has 2 bridgehead atoms. The van der Waals surface area contributed by atoms with Crippen molar-refractivity contribution in [2.45, 2.75) is 56.0 Å². The van der Waals surface area contributed by atoms with Crippen LogP contribution < -0.4 is 10.1 Å². The van der Waals surface area contributed by atoms with Gasteiger partial charge in [-0.15, -0.1) is 0 Å². The lowest BCUT2D eigenvalue weighted by molar-refractivity contribution is -0.138. The van der Waals surface area contributed by atoms with E-state index in [1.807, 2.05) is 0 Å². The fourth-order valence-corrected chi connectivity index (χ4v) is 3.78. The Hall–Kier alpha value is -1.27. The third-order valence-corrected chi connectivity index (χ3v) is 4.79. The maximum atomic E-state index is 12.9. The lowest BCUT2D eigenvalue weighted by Gasteiger charge is -2.45. The van der Waals surface area contributed by atoms with Crippen molar-refractivity contribution in [3.05, 3.63) is 29.3 Å². The van der Waals surface area contributed by atoms with E-state index in [1.54, 1.807) is 0 Å². The van der Waals surface area contributed by atoms with Gasteiger partial charge < -0.3 is 15.2 Å². The number of halogens is 3. The van der Waals surface area contributed by atoms with Crippen LogP contribution in [0.1, 0.15) is 43.2 Å². The molecule has 0 saturated carbocycles. The minimum Gasteiger partial charge on any atom is -0.496 e. The number of nitrogens with one attached hydrogen (secondary N) is 1. The molecule has 22 heavy (non-hydrogen) atoms. The Balaban J connectivity index is 1.94. The van der Waals surface area contributed by atoms with Crippen molar-refractivity contribution in [3.63, 3.8) is 0 Å². The number of rotatable bonds is 2. The van der Waals surface area contributed by atoms with Gasteiger partial charge in [0.25, 0.3) is 0 Å². The second-order valence-electron chi connectivity index (χ2n) is 6.34. The van der Waals surface area contributed by atoms with Gasteiger partial charge >= 0.3 is 6.18 Å². The summed E-state index contributed by atoms with van der Waals surface area (Å²) in [5.41, 5.74) is -1.38. The van der Waals surface area contributed by atoms with Crippen LogP contribution in [0.5, 0.6) is 5.75 Å². The third-order valence-electron chi connectivity index (χ3n) is 4.79. The molecular weight excluding hydrogens is 295 g/mol. The summed E-state index contributed by atoms with van der Waals surface area (Å²) in [4.78, 5) is 0. The number of piperidine rings is 2. The van der Waals surface area contributed by atoms with Crippen LogP contribution in [0, 0.1) is 0 Å². The Kier molecular flexibility index (Phi) is 3.85. The third kappa shape index (κ3) is 2.82. The van der Waals surface area contributed by atoms with Gasteiger partial charge in [0.15, 0.2) is 0 Å². The number of aliphatic hydroxyl groups is 1. The fraction of sp³-hybridized carbons (Fsp3) is 0.625. The maximum absolute atomic E-state index is 12.9. The molecule has 2 unspecified atom stereocenters. The molecule has 2 fully saturated rings. The number of ether oxygens (including phenoxy) is 1. The Bertz CT molecular complexity index is 547. The highest BCUT2D eigenvalue weighted by Crippen LogP contribution is 2.43. The first kappa shape index (κ1) is 15.6. The molecule has 1 aromatic carbocycles. The van der Waals surface area contributed by atoms with Crippen molar-refractivity contribution in [1.29, 1.82) is 0 Å². The van der Waals surface area contributed by atoms with Crippen LogP contribution in [0.4, 0.5) is 13.2 Å². The molecular formula is C16H20F3NO2. The van der Waals surface area contributed by atoms with Crippen LogP contribution in [0.15, 0.2) is 18.2 Å². The van der Waals surface area contributed by atoms with Crippen molar-refractivity contribution in [3.8, 4) is 5.75 Å². The van der Waals surface area contributed by atoms with Gasteiger partial charge in [0.05, 0.1) is 18.3 Å². The largest absolute Gasteiger partial charge is 0.496 e. The van der Waals surface area contributed by atoms with E-state index in [0.717, 1.165) is 25.3 Å². The average molecular weight is 315 g/mol. The molecule has 6 heteroatoms. The molecule has 122 valence electrons. The van der Waals surface area contributed by atoms with Gasteiger partial charge in [0.2, 0.25) is 0 Å². The summed E-state index contributed by atoms with van der Waals surface area (Å²) in [6.45, 7) is 0.